The summed E-state index contributed by atoms with van der Waals surface area (Å²) in [7, 11) is 0. The van der Waals surface area contributed by atoms with Crippen LogP contribution in [0.5, 0.6) is 0 Å². The lowest BCUT2D eigenvalue weighted by Crippen LogP contribution is -2.39. The minimum absolute atomic E-state index is 0.270. The number of hydrogen-bond donors (Lipinski definition) is 2. The molecule has 2 N–H and O–H groups in total. The average Bonchev–Trinajstić information content (AvgIpc) is 2.75. The van der Waals surface area contributed by atoms with Gasteiger partial charge in [0, 0.05) is 6.04 Å². The molecule has 2 fully saturated rings. The van der Waals surface area contributed by atoms with Crippen LogP contribution in [0.3, 0.4) is 0 Å². The number of piperidine rings is 1. The van der Waals surface area contributed by atoms with Crippen molar-refractivity contribution in [3.05, 3.63) is 0 Å². The standard InChI is InChI=1S/C12H21N3/c13-8-11-2-1-3-12(11)15-9-10-4-6-14-7-5-10/h10-12,14-15H,1-7,9H2. The molecule has 1 heterocycles. The summed E-state index contributed by atoms with van der Waals surface area (Å²) in [4.78, 5) is 0. The summed E-state index contributed by atoms with van der Waals surface area (Å²) in [5, 5.41) is 16.0. The van der Waals surface area contributed by atoms with Gasteiger partial charge >= 0.3 is 0 Å². The van der Waals surface area contributed by atoms with Crippen LogP contribution in [-0.4, -0.2) is 25.7 Å². The molecular formula is C12H21N3. The minimum Gasteiger partial charge on any atom is -0.317 e. The summed E-state index contributed by atoms with van der Waals surface area (Å²) >= 11 is 0. The highest BCUT2D eigenvalue weighted by Crippen LogP contribution is 2.25. The third-order valence-corrected chi connectivity index (χ3v) is 3.81. The largest absolute Gasteiger partial charge is 0.317 e. The fourth-order valence-corrected chi connectivity index (χ4v) is 2.76. The van der Waals surface area contributed by atoms with Crippen LogP contribution in [0.25, 0.3) is 0 Å². The van der Waals surface area contributed by atoms with Gasteiger partial charge in [0.1, 0.15) is 0 Å². The number of hydrogen-bond acceptors (Lipinski definition) is 3. The maximum absolute atomic E-state index is 8.97. The normalized spacial score (nSPS) is 32.7. The van der Waals surface area contributed by atoms with E-state index >= 15 is 0 Å². The zero-order valence-corrected chi connectivity index (χ0v) is 9.34. The van der Waals surface area contributed by atoms with Crippen LogP contribution in [0.1, 0.15) is 32.1 Å². The van der Waals surface area contributed by atoms with Gasteiger partial charge in [-0.3, -0.25) is 0 Å². The van der Waals surface area contributed by atoms with Gasteiger partial charge in [-0.25, -0.2) is 0 Å². The van der Waals surface area contributed by atoms with E-state index in [-0.39, 0.29) is 5.92 Å². The smallest absolute Gasteiger partial charge is 0.0672 e. The molecule has 1 saturated heterocycles. The van der Waals surface area contributed by atoms with E-state index < -0.39 is 0 Å². The van der Waals surface area contributed by atoms with Crippen molar-refractivity contribution in [1.29, 1.82) is 5.26 Å². The highest BCUT2D eigenvalue weighted by atomic mass is 14.9. The van der Waals surface area contributed by atoms with Gasteiger partial charge in [0.25, 0.3) is 0 Å². The molecular weight excluding hydrogens is 186 g/mol. The van der Waals surface area contributed by atoms with Crippen LogP contribution in [0, 0.1) is 23.2 Å². The van der Waals surface area contributed by atoms with Gasteiger partial charge in [0.15, 0.2) is 0 Å². The van der Waals surface area contributed by atoms with Crippen molar-refractivity contribution in [2.24, 2.45) is 11.8 Å². The molecule has 84 valence electrons. The molecule has 3 nitrogen and oxygen atoms in total. The van der Waals surface area contributed by atoms with E-state index in [1.807, 2.05) is 0 Å². The topological polar surface area (TPSA) is 47.9 Å². The van der Waals surface area contributed by atoms with Crippen molar-refractivity contribution in [1.82, 2.24) is 10.6 Å². The van der Waals surface area contributed by atoms with Gasteiger partial charge in [-0.1, -0.05) is 6.42 Å². The van der Waals surface area contributed by atoms with Gasteiger partial charge < -0.3 is 10.6 Å². The summed E-state index contributed by atoms with van der Waals surface area (Å²) in [6, 6.07) is 2.90. The molecule has 0 amide bonds. The second-order valence-corrected chi connectivity index (χ2v) is 4.87. The lowest BCUT2D eigenvalue weighted by Gasteiger charge is -2.25. The van der Waals surface area contributed by atoms with Crippen molar-refractivity contribution >= 4 is 0 Å². The Labute approximate surface area is 92.2 Å². The first-order chi connectivity index (χ1) is 7.40. The zero-order chi connectivity index (χ0) is 10.5. The molecule has 2 atom stereocenters. The lowest BCUT2D eigenvalue weighted by atomic mass is 9.97. The van der Waals surface area contributed by atoms with Gasteiger partial charge in [-0.2, -0.15) is 5.26 Å². The number of nitriles is 1. The summed E-state index contributed by atoms with van der Waals surface area (Å²) < 4.78 is 0. The van der Waals surface area contributed by atoms with Crippen LogP contribution in [0.15, 0.2) is 0 Å². The molecule has 15 heavy (non-hydrogen) atoms. The SMILES string of the molecule is N#CC1CCCC1NCC1CCNCC1. The summed E-state index contributed by atoms with van der Waals surface area (Å²) in [5.41, 5.74) is 0. The van der Waals surface area contributed by atoms with Crippen LogP contribution in [-0.2, 0) is 0 Å². The molecule has 0 aromatic heterocycles. The highest BCUT2D eigenvalue weighted by Gasteiger charge is 2.27. The predicted molar refractivity (Wildman–Crippen MR) is 60.3 cm³/mol. The van der Waals surface area contributed by atoms with Crippen molar-refractivity contribution in [2.45, 2.75) is 38.1 Å². The zero-order valence-electron chi connectivity index (χ0n) is 9.34. The second-order valence-electron chi connectivity index (χ2n) is 4.87. The number of nitrogens with one attached hydrogen (secondary N) is 2. The Hall–Kier alpha value is -0.590. The molecule has 2 unspecified atom stereocenters. The Morgan fingerprint density at radius 1 is 1.20 bits per heavy atom. The van der Waals surface area contributed by atoms with Gasteiger partial charge in [-0.15, -0.1) is 0 Å². The molecule has 0 aromatic carbocycles. The Kier molecular flexibility index (Phi) is 3.99. The molecule has 0 aromatic rings. The van der Waals surface area contributed by atoms with E-state index in [1.165, 1.54) is 38.8 Å². The maximum atomic E-state index is 8.97. The van der Waals surface area contributed by atoms with E-state index in [0.717, 1.165) is 18.9 Å². The molecule has 1 saturated carbocycles. The minimum atomic E-state index is 0.270. The molecule has 1 aliphatic carbocycles. The van der Waals surface area contributed by atoms with Crippen molar-refractivity contribution < 1.29 is 0 Å². The molecule has 0 bridgehead atoms. The second kappa shape index (κ2) is 5.48. The van der Waals surface area contributed by atoms with Crippen LogP contribution < -0.4 is 10.6 Å². The fraction of sp³-hybridized carbons (Fsp3) is 0.917. The Morgan fingerprint density at radius 3 is 2.73 bits per heavy atom. The first kappa shape index (κ1) is 10.9. The highest BCUT2D eigenvalue weighted by molar-refractivity contribution is 4.96. The number of rotatable bonds is 3. The maximum Gasteiger partial charge on any atom is 0.0672 e. The molecule has 2 rings (SSSR count). The third kappa shape index (κ3) is 2.93. The third-order valence-electron chi connectivity index (χ3n) is 3.81. The van der Waals surface area contributed by atoms with Crippen LogP contribution in [0.4, 0.5) is 0 Å². The van der Waals surface area contributed by atoms with E-state index in [9.17, 15) is 0 Å². The van der Waals surface area contributed by atoms with Crippen molar-refractivity contribution in [3.63, 3.8) is 0 Å². The molecule has 1 aliphatic heterocycles. The van der Waals surface area contributed by atoms with Gasteiger partial charge in [-0.05, 0) is 51.2 Å². The Morgan fingerprint density at radius 2 is 2.00 bits per heavy atom. The lowest BCUT2D eigenvalue weighted by molar-refractivity contribution is 0.330. The van der Waals surface area contributed by atoms with Crippen LogP contribution >= 0.6 is 0 Å². The Balaban J connectivity index is 1.70. The average molecular weight is 207 g/mol. The molecule has 0 radical (unpaired) electrons. The van der Waals surface area contributed by atoms with Gasteiger partial charge in [0.2, 0.25) is 0 Å². The first-order valence-corrected chi connectivity index (χ1v) is 6.24. The van der Waals surface area contributed by atoms with E-state index in [1.54, 1.807) is 0 Å². The van der Waals surface area contributed by atoms with Gasteiger partial charge in [0.05, 0.1) is 12.0 Å². The molecule has 3 heteroatoms. The summed E-state index contributed by atoms with van der Waals surface area (Å²) in [6.07, 6.45) is 6.10. The predicted octanol–water partition coefficient (Wildman–Crippen LogP) is 1.27. The Bertz CT molecular complexity index is 228. The summed E-state index contributed by atoms with van der Waals surface area (Å²) in [5.74, 6) is 1.10. The van der Waals surface area contributed by atoms with E-state index in [4.69, 9.17) is 5.26 Å². The van der Waals surface area contributed by atoms with E-state index in [0.29, 0.717) is 6.04 Å². The molecule has 0 spiro atoms. The fourth-order valence-electron chi connectivity index (χ4n) is 2.76. The van der Waals surface area contributed by atoms with Crippen LogP contribution in [0.2, 0.25) is 0 Å². The summed E-state index contributed by atoms with van der Waals surface area (Å²) in [6.45, 7) is 3.45. The molecule has 2 aliphatic rings. The van der Waals surface area contributed by atoms with E-state index in [2.05, 4.69) is 16.7 Å². The van der Waals surface area contributed by atoms with Crippen molar-refractivity contribution in [3.8, 4) is 6.07 Å². The van der Waals surface area contributed by atoms with Crippen molar-refractivity contribution in [2.75, 3.05) is 19.6 Å². The first-order valence-electron chi connectivity index (χ1n) is 6.24. The quantitative estimate of drug-likeness (QED) is 0.732. The monoisotopic (exact) mass is 207 g/mol. The number of nitrogens with zero attached hydrogens (tertiary/aromatic N) is 1.